The van der Waals surface area contributed by atoms with Gasteiger partial charge in [0.05, 0.1) is 11.1 Å². The van der Waals surface area contributed by atoms with Crippen LogP contribution in [0, 0.1) is 5.92 Å². The molecule has 0 aromatic heterocycles. The molecule has 0 atom stereocenters. The Bertz CT molecular complexity index is 952. The molecule has 0 aliphatic carbocycles. The van der Waals surface area contributed by atoms with Gasteiger partial charge in [0.2, 0.25) is 5.91 Å². The molecule has 2 aromatic carbocycles. The fourth-order valence-electron chi connectivity index (χ4n) is 4.35. The molecule has 5 nitrogen and oxygen atoms in total. The Kier molecular flexibility index (Phi) is 6.32. The van der Waals surface area contributed by atoms with Gasteiger partial charge in [-0.15, -0.1) is 0 Å². The van der Waals surface area contributed by atoms with Gasteiger partial charge in [0.25, 0.3) is 11.8 Å². The zero-order chi connectivity index (χ0) is 21.1. The summed E-state index contributed by atoms with van der Waals surface area (Å²) in [5, 5.41) is 0. The molecule has 0 spiro atoms. The maximum absolute atomic E-state index is 12.6. The summed E-state index contributed by atoms with van der Waals surface area (Å²) in [7, 11) is 0. The van der Waals surface area contributed by atoms with E-state index in [1.54, 1.807) is 18.2 Å². The van der Waals surface area contributed by atoms with Crippen LogP contribution in [0.5, 0.6) is 0 Å². The Morgan fingerprint density at radius 3 is 2.40 bits per heavy atom. The minimum absolute atomic E-state index is 0.118. The molecule has 2 aliphatic rings. The van der Waals surface area contributed by atoms with Crippen molar-refractivity contribution in [3.05, 3.63) is 69.7 Å². The van der Waals surface area contributed by atoms with Crippen molar-refractivity contribution in [1.82, 2.24) is 9.80 Å². The predicted molar refractivity (Wildman–Crippen MR) is 118 cm³/mol. The highest BCUT2D eigenvalue weighted by atomic mass is 79.9. The lowest BCUT2D eigenvalue weighted by molar-refractivity contribution is -0.132. The van der Waals surface area contributed by atoms with Gasteiger partial charge in [0.15, 0.2) is 0 Å². The van der Waals surface area contributed by atoms with Gasteiger partial charge < -0.3 is 4.90 Å². The van der Waals surface area contributed by atoms with Crippen LogP contribution in [0.4, 0.5) is 0 Å². The van der Waals surface area contributed by atoms with Crippen molar-refractivity contribution in [2.24, 2.45) is 5.92 Å². The number of hydrogen-bond donors (Lipinski definition) is 0. The number of fused-ring (bicyclic) bond motifs is 1. The summed E-state index contributed by atoms with van der Waals surface area (Å²) < 4.78 is 0.773. The van der Waals surface area contributed by atoms with Gasteiger partial charge in [-0.2, -0.15) is 0 Å². The van der Waals surface area contributed by atoms with Crippen molar-refractivity contribution in [2.45, 2.75) is 32.1 Å². The van der Waals surface area contributed by atoms with Crippen LogP contribution in [0.25, 0.3) is 0 Å². The molecule has 0 unspecified atom stereocenters. The lowest BCUT2D eigenvalue weighted by Crippen LogP contribution is -2.39. The molecule has 0 radical (unpaired) electrons. The van der Waals surface area contributed by atoms with Gasteiger partial charge in [-0.05, 0) is 55.4 Å². The molecule has 30 heavy (non-hydrogen) atoms. The monoisotopic (exact) mass is 468 g/mol. The van der Waals surface area contributed by atoms with E-state index in [2.05, 4.69) is 40.2 Å². The Morgan fingerprint density at radius 1 is 0.967 bits per heavy atom. The highest BCUT2D eigenvalue weighted by Crippen LogP contribution is 2.26. The third kappa shape index (κ3) is 4.48. The standard InChI is InChI=1S/C24H25BrN2O3/c25-19-8-9-20-21(16-19)24(30)27(23(20)29)12-4-7-22(28)26-13-10-18(11-14-26)15-17-5-2-1-3-6-17/h1-3,5-6,8-9,16,18H,4,7,10-15H2. The van der Waals surface area contributed by atoms with Gasteiger partial charge in [-0.1, -0.05) is 46.3 Å². The van der Waals surface area contributed by atoms with E-state index in [1.807, 2.05) is 11.0 Å². The lowest BCUT2D eigenvalue weighted by Gasteiger charge is -2.32. The van der Waals surface area contributed by atoms with Crippen LogP contribution in [0.1, 0.15) is 52.0 Å². The number of hydrogen-bond acceptors (Lipinski definition) is 3. The summed E-state index contributed by atoms with van der Waals surface area (Å²) in [6, 6.07) is 15.6. The zero-order valence-corrected chi connectivity index (χ0v) is 18.4. The zero-order valence-electron chi connectivity index (χ0n) is 16.9. The second-order valence-electron chi connectivity index (χ2n) is 8.07. The molecule has 0 bridgehead atoms. The number of carbonyl (C=O) groups excluding carboxylic acids is 3. The summed E-state index contributed by atoms with van der Waals surface area (Å²) in [6.45, 7) is 1.86. The largest absolute Gasteiger partial charge is 0.343 e. The van der Waals surface area contributed by atoms with Crippen LogP contribution in [-0.2, 0) is 11.2 Å². The number of likely N-dealkylation sites (tertiary alicyclic amines) is 1. The van der Waals surface area contributed by atoms with Gasteiger partial charge >= 0.3 is 0 Å². The Morgan fingerprint density at radius 2 is 1.67 bits per heavy atom. The summed E-state index contributed by atoms with van der Waals surface area (Å²) in [5.74, 6) is 0.198. The first-order valence-corrected chi connectivity index (χ1v) is 11.3. The topological polar surface area (TPSA) is 57.7 Å². The second-order valence-corrected chi connectivity index (χ2v) is 8.98. The third-order valence-corrected chi connectivity index (χ3v) is 6.53. The number of rotatable bonds is 6. The smallest absolute Gasteiger partial charge is 0.261 e. The highest BCUT2D eigenvalue weighted by Gasteiger charge is 2.35. The van der Waals surface area contributed by atoms with E-state index in [-0.39, 0.29) is 24.3 Å². The number of piperidine rings is 1. The lowest BCUT2D eigenvalue weighted by atomic mass is 9.90. The van der Waals surface area contributed by atoms with Crippen LogP contribution >= 0.6 is 15.9 Å². The molecule has 2 aromatic rings. The first-order valence-electron chi connectivity index (χ1n) is 10.5. The minimum atomic E-state index is -0.273. The molecule has 156 valence electrons. The molecule has 0 saturated carbocycles. The molecular weight excluding hydrogens is 444 g/mol. The molecule has 4 rings (SSSR count). The maximum atomic E-state index is 12.6. The van der Waals surface area contributed by atoms with Crippen molar-refractivity contribution in [2.75, 3.05) is 19.6 Å². The second kappa shape index (κ2) is 9.13. The molecular formula is C24H25BrN2O3. The van der Waals surface area contributed by atoms with Gasteiger partial charge in [-0.25, -0.2) is 0 Å². The van der Waals surface area contributed by atoms with Crippen molar-refractivity contribution in [3.8, 4) is 0 Å². The van der Waals surface area contributed by atoms with E-state index in [0.717, 1.165) is 36.8 Å². The molecule has 2 aliphatic heterocycles. The van der Waals surface area contributed by atoms with Crippen molar-refractivity contribution < 1.29 is 14.4 Å². The van der Waals surface area contributed by atoms with E-state index in [4.69, 9.17) is 0 Å². The molecule has 1 fully saturated rings. The van der Waals surface area contributed by atoms with E-state index in [1.165, 1.54) is 10.5 Å². The predicted octanol–water partition coefficient (Wildman–Crippen LogP) is 4.31. The number of amides is 3. The van der Waals surface area contributed by atoms with E-state index in [9.17, 15) is 14.4 Å². The molecule has 0 N–H and O–H groups in total. The summed E-state index contributed by atoms with van der Waals surface area (Å²) >= 11 is 3.34. The first kappa shape index (κ1) is 20.8. The average molecular weight is 469 g/mol. The van der Waals surface area contributed by atoms with Crippen LogP contribution in [0.3, 0.4) is 0 Å². The fraction of sp³-hybridized carbons (Fsp3) is 0.375. The SMILES string of the molecule is O=C(CCCN1C(=O)c2ccc(Br)cc2C1=O)N1CCC(Cc2ccccc2)CC1. The third-order valence-electron chi connectivity index (χ3n) is 6.04. The van der Waals surface area contributed by atoms with E-state index >= 15 is 0 Å². The maximum Gasteiger partial charge on any atom is 0.261 e. The number of halogens is 1. The number of imide groups is 1. The summed E-state index contributed by atoms with van der Waals surface area (Å²) in [4.78, 5) is 40.8. The highest BCUT2D eigenvalue weighted by molar-refractivity contribution is 9.10. The van der Waals surface area contributed by atoms with Gasteiger partial charge in [0, 0.05) is 30.5 Å². The normalized spacial score (nSPS) is 16.8. The first-order chi connectivity index (χ1) is 14.5. The number of nitrogens with zero attached hydrogens (tertiary/aromatic N) is 2. The van der Waals surface area contributed by atoms with Crippen LogP contribution < -0.4 is 0 Å². The molecule has 1 saturated heterocycles. The quantitative estimate of drug-likeness (QED) is 0.593. The van der Waals surface area contributed by atoms with E-state index < -0.39 is 0 Å². The molecule has 6 heteroatoms. The Balaban J connectivity index is 1.22. The summed E-state index contributed by atoms with van der Waals surface area (Å²) in [5.41, 5.74) is 2.23. The van der Waals surface area contributed by atoms with Crippen LogP contribution in [0.15, 0.2) is 53.0 Å². The van der Waals surface area contributed by atoms with Crippen LogP contribution in [-0.4, -0.2) is 47.2 Å². The number of carbonyl (C=O) groups is 3. The minimum Gasteiger partial charge on any atom is -0.343 e. The Hall–Kier alpha value is -2.47. The average Bonchev–Trinajstić information content (AvgIpc) is 2.99. The summed E-state index contributed by atoms with van der Waals surface area (Å²) in [6.07, 6.45) is 3.97. The van der Waals surface area contributed by atoms with Crippen LogP contribution in [0.2, 0.25) is 0 Å². The molecule has 3 amide bonds. The van der Waals surface area contributed by atoms with E-state index in [0.29, 0.717) is 29.9 Å². The van der Waals surface area contributed by atoms with Crippen molar-refractivity contribution in [1.29, 1.82) is 0 Å². The van der Waals surface area contributed by atoms with Crippen molar-refractivity contribution >= 4 is 33.7 Å². The Labute approximate surface area is 185 Å². The molecule has 2 heterocycles. The van der Waals surface area contributed by atoms with Gasteiger partial charge in [0.1, 0.15) is 0 Å². The van der Waals surface area contributed by atoms with Gasteiger partial charge in [-0.3, -0.25) is 19.3 Å². The fourth-order valence-corrected chi connectivity index (χ4v) is 4.71. The number of benzene rings is 2. The van der Waals surface area contributed by atoms with Crippen molar-refractivity contribution in [3.63, 3.8) is 0 Å².